The third-order valence-corrected chi connectivity index (χ3v) is 2.94. The molecule has 0 radical (unpaired) electrons. The van der Waals surface area contributed by atoms with Gasteiger partial charge < -0.3 is 9.64 Å². The van der Waals surface area contributed by atoms with Crippen LogP contribution in [0, 0.1) is 0 Å². The van der Waals surface area contributed by atoms with E-state index in [0.717, 1.165) is 12.3 Å². The van der Waals surface area contributed by atoms with Gasteiger partial charge in [0.1, 0.15) is 0 Å². The second kappa shape index (κ2) is 7.82. The monoisotopic (exact) mass is 263 g/mol. The summed E-state index contributed by atoms with van der Waals surface area (Å²) in [6.07, 6.45) is 3.67. The lowest BCUT2D eigenvalue weighted by atomic mass is 10.1. The number of rotatable bonds is 4. The number of hydrogen-bond acceptors (Lipinski definition) is 3. The molecule has 0 atom stereocenters. The molecule has 1 fully saturated rings. The molecule has 1 aliphatic carbocycles. The number of esters is 1. The van der Waals surface area contributed by atoms with Gasteiger partial charge in [-0.1, -0.05) is 19.1 Å². The van der Waals surface area contributed by atoms with Gasteiger partial charge in [-0.2, -0.15) is 0 Å². The molecule has 1 aromatic carbocycles. The second-order valence-corrected chi connectivity index (χ2v) is 5.10. The summed E-state index contributed by atoms with van der Waals surface area (Å²) in [5.74, 6) is 0.673. The average Bonchev–Trinajstić information content (AvgIpc) is 3.21. The van der Waals surface area contributed by atoms with Crippen LogP contribution in [-0.4, -0.2) is 26.7 Å². The van der Waals surface area contributed by atoms with Crippen molar-refractivity contribution in [1.29, 1.82) is 0 Å². The van der Waals surface area contributed by atoms with Gasteiger partial charge in [0.25, 0.3) is 0 Å². The minimum atomic E-state index is -0.193. The van der Waals surface area contributed by atoms with Crippen LogP contribution in [0.25, 0.3) is 0 Å². The summed E-state index contributed by atoms with van der Waals surface area (Å²) in [5, 5.41) is 0. The molecule has 1 saturated carbocycles. The van der Waals surface area contributed by atoms with E-state index in [4.69, 9.17) is 0 Å². The SMILES string of the molecule is CCCOC(C)=O.CN(C)c1cccc(C2CC2)c1. The van der Waals surface area contributed by atoms with E-state index < -0.39 is 0 Å². The lowest BCUT2D eigenvalue weighted by Crippen LogP contribution is -2.08. The summed E-state index contributed by atoms with van der Waals surface area (Å²) in [7, 11) is 4.18. The molecular weight excluding hydrogens is 238 g/mol. The molecule has 106 valence electrons. The van der Waals surface area contributed by atoms with Crippen LogP contribution in [-0.2, 0) is 9.53 Å². The first-order valence-corrected chi connectivity index (χ1v) is 6.95. The molecule has 0 spiro atoms. The molecule has 3 nitrogen and oxygen atoms in total. The average molecular weight is 263 g/mol. The first kappa shape index (κ1) is 15.5. The van der Waals surface area contributed by atoms with Gasteiger partial charge in [-0.3, -0.25) is 4.79 Å². The summed E-state index contributed by atoms with van der Waals surface area (Å²) < 4.78 is 4.55. The molecule has 1 aromatic rings. The van der Waals surface area contributed by atoms with Gasteiger partial charge in [0.15, 0.2) is 0 Å². The smallest absolute Gasteiger partial charge is 0.302 e. The molecule has 1 aliphatic rings. The Labute approximate surface area is 116 Å². The second-order valence-electron chi connectivity index (χ2n) is 5.10. The largest absolute Gasteiger partial charge is 0.466 e. The van der Waals surface area contributed by atoms with Gasteiger partial charge in [-0.15, -0.1) is 0 Å². The summed E-state index contributed by atoms with van der Waals surface area (Å²) in [6.45, 7) is 3.92. The first-order valence-electron chi connectivity index (χ1n) is 6.95. The molecule has 3 heteroatoms. The van der Waals surface area contributed by atoms with Crippen molar-refractivity contribution in [3.8, 4) is 0 Å². The van der Waals surface area contributed by atoms with Crippen molar-refractivity contribution in [2.24, 2.45) is 0 Å². The van der Waals surface area contributed by atoms with Gasteiger partial charge in [0.05, 0.1) is 6.61 Å². The van der Waals surface area contributed by atoms with Crippen LogP contribution in [0.4, 0.5) is 5.69 Å². The molecule has 0 N–H and O–H groups in total. The zero-order valence-electron chi connectivity index (χ0n) is 12.5. The molecular formula is C16H25NO2. The van der Waals surface area contributed by atoms with Gasteiger partial charge in [-0.05, 0) is 42.9 Å². The Morgan fingerprint density at radius 2 is 2.05 bits per heavy atom. The van der Waals surface area contributed by atoms with Crippen LogP contribution in [0.5, 0.6) is 0 Å². The molecule has 2 rings (SSSR count). The maximum absolute atomic E-state index is 9.98. The Kier molecular flexibility index (Phi) is 6.40. The Morgan fingerprint density at radius 3 is 2.47 bits per heavy atom. The number of anilines is 1. The summed E-state index contributed by atoms with van der Waals surface area (Å²) >= 11 is 0. The van der Waals surface area contributed by atoms with E-state index in [0.29, 0.717) is 6.61 Å². The normalized spacial score (nSPS) is 13.3. The van der Waals surface area contributed by atoms with Crippen molar-refractivity contribution in [3.05, 3.63) is 29.8 Å². The maximum atomic E-state index is 9.98. The van der Waals surface area contributed by atoms with Crippen molar-refractivity contribution in [3.63, 3.8) is 0 Å². The standard InChI is InChI=1S/C11H15N.C5H10O2/c1-12(2)11-5-3-4-10(8-11)9-6-7-9;1-3-4-7-5(2)6/h3-5,8-9H,6-7H2,1-2H3;3-4H2,1-2H3. The number of carbonyl (C=O) groups excluding carboxylic acids is 1. The molecule has 19 heavy (non-hydrogen) atoms. The fourth-order valence-corrected chi connectivity index (χ4v) is 1.72. The van der Waals surface area contributed by atoms with E-state index in [9.17, 15) is 4.79 Å². The molecule has 0 unspecified atom stereocenters. The summed E-state index contributed by atoms with van der Waals surface area (Å²) in [5.41, 5.74) is 2.83. The third-order valence-electron chi connectivity index (χ3n) is 2.94. The highest BCUT2D eigenvalue weighted by Gasteiger charge is 2.23. The maximum Gasteiger partial charge on any atom is 0.302 e. The summed E-state index contributed by atoms with van der Waals surface area (Å²) in [6, 6.07) is 8.86. The highest BCUT2D eigenvalue weighted by atomic mass is 16.5. The van der Waals surface area contributed by atoms with Crippen molar-refractivity contribution >= 4 is 11.7 Å². The molecule has 0 aliphatic heterocycles. The van der Waals surface area contributed by atoms with E-state index in [1.807, 2.05) is 6.92 Å². The fourth-order valence-electron chi connectivity index (χ4n) is 1.72. The topological polar surface area (TPSA) is 29.5 Å². The van der Waals surface area contributed by atoms with E-state index in [-0.39, 0.29) is 5.97 Å². The number of hydrogen-bond donors (Lipinski definition) is 0. The number of benzene rings is 1. The predicted octanol–water partition coefficient (Wildman–Crippen LogP) is 3.59. The summed E-state index contributed by atoms with van der Waals surface area (Å²) in [4.78, 5) is 12.1. The zero-order valence-corrected chi connectivity index (χ0v) is 12.5. The van der Waals surface area contributed by atoms with Crippen molar-refractivity contribution < 1.29 is 9.53 Å². The third kappa shape index (κ3) is 6.27. The minimum absolute atomic E-state index is 0.193. The molecule has 0 aromatic heterocycles. The quantitative estimate of drug-likeness (QED) is 0.777. The predicted molar refractivity (Wildman–Crippen MR) is 79.7 cm³/mol. The van der Waals surface area contributed by atoms with Gasteiger partial charge in [-0.25, -0.2) is 0 Å². The lowest BCUT2D eigenvalue weighted by molar-refractivity contribution is -0.140. The van der Waals surface area contributed by atoms with Gasteiger partial charge >= 0.3 is 5.97 Å². The van der Waals surface area contributed by atoms with Crippen LogP contribution in [0.1, 0.15) is 44.6 Å². The van der Waals surface area contributed by atoms with Crippen LogP contribution in [0.2, 0.25) is 0 Å². The highest BCUT2D eigenvalue weighted by molar-refractivity contribution is 5.65. The molecule has 0 bridgehead atoms. The van der Waals surface area contributed by atoms with Gasteiger partial charge in [0, 0.05) is 26.7 Å². The van der Waals surface area contributed by atoms with E-state index >= 15 is 0 Å². The minimum Gasteiger partial charge on any atom is -0.466 e. The Balaban J connectivity index is 0.000000224. The van der Waals surface area contributed by atoms with Crippen molar-refractivity contribution in [2.45, 2.75) is 39.0 Å². The van der Waals surface area contributed by atoms with E-state index in [2.05, 4.69) is 48.0 Å². The van der Waals surface area contributed by atoms with Crippen molar-refractivity contribution in [1.82, 2.24) is 0 Å². The Hall–Kier alpha value is -1.51. The molecule has 0 saturated heterocycles. The number of carbonyl (C=O) groups is 1. The first-order chi connectivity index (χ1) is 9.04. The Morgan fingerprint density at radius 1 is 1.37 bits per heavy atom. The van der Waals surface area contributed by atoms with Crippen LogP contribution in [0.3, 0.4) is 0 Å². The Bertz CT molecular complexity index is 380. The number of ether oxygens (including phenoxy) is 1. The van der Waals surface area contributed by atoms with E-state index in [1.54, 1.807) is 0 Å². The van der Waals surface area contributed by atoms with Crippen LogP contribution >= 0.6 is 0 Å². The van der Waals surface area contributed by atoms with Crippen LogP contribution in [0.15, 0.2) is 24.3 Å². The molecule has 0 amide bonds. The number of nitrogens with zero attached hydrogens (tertiary/aromatic N) is 1. The zero-order chi connectivity index (χ0) is 14.3. The fraction of sp³-hybridized carbons (Fsp3) is 0.562. The van der Waals surface area contributed by atoms with E-state index in [1.165, 1.54) is 31.0 Å². The van der Waals surface area contributed by atoms with Gasteiger partial charge in [0.2, 0.25) is 0 Å². The molecule has 0 heterocycles. The lowest BCUT2D eigenvalue weighted by Gasteiger charge is -2.13. The highest BCUT2D eigenvalue weighted by Crippen LogP contribution is 2.40. The van der Waals surface area contributed by atoms with Crippen LogP contribution < -0.4 is 4.90 Å². The van der Waals surface area contributed by atoms with Crippen molar-refractivity contribution in [2.75, 3.05) is 25.6 Å².